The summed E-state index contributed by atoms with van der Waals surface area (Å²) in [5, 5.41) is 2.04. The number of allylic oxidation sites excluding steroid dienone is 5. The number of furan rings is 1. The highest BCUT2D eigenvalue weighted by Crippen LogP contribution is 2.48. The fraction of sp³-hybridized carbons (Fsp3) is 0.0426. The van der Waals surface area contributed by atoms with E-state index in [9.17, 15) is 0 Å². The maximum absolute atomic E-state index is 6.80. The summed E-state index contributed by atoms with van der Waals surface area (Å²) in [5.41, 5.74) is 11.8. The van der Waals surface area contributed by atoms with Crippen molar-refractivity contribution in [2.24, 2.45) is 5.92 Å². The molecule has 0 fully saturated rings. The van der Waals surface area contributed by atoms with E-state index in [1.54, 1.807) is 0 Å². The van der Waals surface area contributed by atoms with Gasteiger partial charge in [-0.25, -0.2) is 15.0 Å². The third-order valence-electron chi connectivity index (χ3n) is 10.2. The minimum atomic E-state index is 0.219. The Kier molecular flexibility index (Phi) is 6.91. The number of rotatable bonds is 5. The van der Waals surface area contributed by atoms with E-state index in [-0.39, 0.29) is 11.8 Å². The number of para-hydroxylation sites is 1. The second-order valence-corrected chi connectivity index (χ2v) is 13.1. The van der Waals surface area contributed by atoms with E-state index in [4.69, 9.17) is 19.4 Å². The Bertz CT molecular complexity index is 2690. The summed E-state index contributed by atoms with van der Waals surface area (Å²) in [6, 6.07) is 50.3. The van der Waals surface area contributed by atoms with Gasteiger partial charge in [-0.05, 0) is 33.9 Å². The van der Waals surface area contributed by atoms with Crippen LogP contribution in [0.25, 0.3) is 78.9 Å². The molecule has 0 saturated carbocycles. The minimum absolute atomic E-state index is 0.219. The lowest BCUT2D eigenvalue weighted by Crippen LogP contribution is -2.17. The van der Waals surface area contributed by atoms with Gasteiger partial charge in [0.05, 0.1) is 0 Å². The van der Waals surface area contributed by atoms with Crippen molar-refractivity contribution in [1.29, 1.82) is 0 Å². The van der Waals surface area contributed by atoms with Crippen LogP contribution in [0.5, 0.6) is 0 Å². The van der Waals surface area contributed by atoms with Gasteiger partial charge in [0.25, 0.3) is 0 Å². The van der Waals surface area contributed by atoms with Crippen LogP contribution in [0.1, 0.15) is 22.6 Å². The summed E-state index contributed by atoms with van der Waals surface area (Å²) in [5.74, 6) is 2.36. The van der Waals surface area contributed by atoms with E-state index >= 15 is 0 Å². The molecule has 2 aliphatic carbocycles. The van der Waals surface area contributed by atoms with Gasteiger partial charge in [0.1, 0.15) is 11.2 Å². The van der Waals surface area contributed by atoms with Crippen LogP contribution >= 0.6 is 0 Å². The summed E-state index contributed by atoms with van der Waals surface area (Å²) >= 11 is 0. The smallest absolute Gasteiger partial charge is 0.164 e. The second-order valence-electron chi connectivity index (χ2n) is 13.1. The molecule has 4 nitrogen and oxygen atoms in total. The summed E-state index contributed by atoms with van der Waals surface area (Å²) in [4.78, 5) is 15.2. The van der Waals surface area contributed by atoms with Crippen molar-refractivity contribution in [2.75, 3.05) is 0 Å². The molecule has 0 N–H and O–H groups in total. The molecule has 0 bridgehead atoms. The second kappa shape index (κ2) is 12.0. The Hall–Kier alpha value is -6.65. The molecule has 2 aliphatic rings. The highest BCUT2D eigenvalue weighted by atomic mass is 16.3. The average Bonchev–Trinajstić information content (AvgIpc) is 3.60. The Morgan fingerprint density at radius 2 is 1.04 bits per heavy atom. The molecule has 0 aliphatic heterocycles. The molecular formula is C47H31N3O. The molecule has 0 radical (unpaired) electrons. The van der Waals surface area contributed by atoms with Crippen molar-refractivity contribution in [3.63, 3.8) is 0 Å². The van der Waals surface area contributed by atoms with Crippen LogP contribution in [-0.4, -0.2) is 15.0 Å². The summed E-state index contributed by atoms with van der Waals surface area (Å²) in [6.45, 7) is 0. The van der Waals surface area contributed by atoms with Crippen molar-refractivity contribution in [3.05, 3.63) is 187 Å². The van der Waals surface area contributed by atoms with Crippen LogP contribution in [0.3, 0.4) is 0 Å². The van der Waals surface area contributed by atoms with Crippen molar-refractivity contribution >= 4 is 33.6 Å². The zero-order valence-electron chi connectivity index (χ0n) is 27.6. The van der Waals surface area contributed by atoms with E-state index in [1.165, 1.54) is 22.3 Å². The largest absolute Gasteiger partial charge is 0.455 e. The van der Waals surface area contributed by atoms with Crippen LogP contribution in [0.2, 0.25) is 0 Å². The summed E-state index contributed by atoms with van der Waals surface area (Å²) in [7, 11) is 0. The molecule has 10 rings (SSSR count). The highest BCUT2D eigenvalue weighted by molar-refractivity contribution is 6.14. The number of nitrogens with zero attached hydrogens (tertiary/aromatic N) is 3. The lowest BCUT2D eigenvalue weighted by molar-refractivity contribution is 0.663. The topological polar surface area (TPSA) is 51.8 Å². The first kappa shape index (κ1) is 29.3. The molecule has 4 heteroatoms. The molecule has 2 atom stereocenters. The molecule has 2 unspecified atom stereocenters. The van der Waals surface area contributed by atoms with Crippen LogP contribution in [0.4, 0.5) is 0 Å². The van der Waals surface area contributed by atoms with Crippen molar-refractivity contribution < 1.29 is 4.42 Å². The lowest BCUT2D eigenvalue weighted by Gasteiger charge is -2.32. The Morgan fingerprint density at radius 3 is 1.82 bits per heavy atom. The molecule has 2 aromatic heterocycles. The minimum Gasteiger partial charge on any atom is -0.455 e. The first-order chi connectivity index (χ1) is 25.3. The molecule has 0 saturated heterocycles. The van der Waals surface area contributed by atoms with E-state index < -0.39 is 0 Å². The molecule has 0 spiro atoms. The maximum atomic E-state index is 6.80. The Morgan fingerprint density at radius 1 is 0.451 bits per heavy atom. The van der Waals surface area contributed by atoms with E-state index in [2.05, 4.69) is 127 Å². The maximum Gasteiger partial charge on any atom is 0.164 e. The van der Waals surface area contributed by atoms with Crippen LogP contribution < -0.4 is 0 Å². The summed E-state index contributed by atoms with van der Waals surface area (Å²) in [6.07, 6.45) is 11.3. The predicted molar refractivity (Wildman–Crippen MR) is 208 cm³/mol. The number of fused-ring (bicyclic) bond motifs is 6. The zero-order valence-corrected chi connectivity index (χ0v) is 27.6. The van der Waals surface area contributed by atoms with Gasteiger partial charge in [0, 0.05) is 44.9 Å². The van der Waals surface area contributed by atoms with Gasteiger partial charge in [-0.2, -0.15) is 0 Å². The van der Waals surface area contributed by atoms with Gasteiger partial charge < -0.3 is 4.42 Å². The van der Waals surface area contributed by atoms with E-state index in [1.807, 2.05) is 48.5 Å². The fourth-order valence-electron chi connectivity index (χ4n) is 7.71. The van der Waals surface area contributed by atoms with E-state index in [0.717, 1.165) is 49.8 Å². The number of benzene rings is 6. The average molecular weight is 654 g/mol. The van der Waals surface area contributed by atoms with Gasteiger partial charge in [0.2, 0.25) is 0 Å². The van der Waals surface area contributed by atoms with Crippen molar-refractivity contribution in [2.45, 2.75) is 5.92 Å². The monoisotopic (exact) mass is 653 g/mol. The summed E-state index contributed by atoms with van der Waals surface area (Å²) < 4.78 is 6.80. The quantitative estimate of drug-likeness (QED) is 0.185. The molecule has 8 aromatic rings. The number of hydrogen-bond acceptors (Lipinski definition) is 4. The molecule has 51 heavy (non-hydrogen) atoms. The van der Waals surface area contributed by atoms with Gasteiger partial charge in [0.15, 0.2) is 17.5 Å². The number of aromatic nitrogens is 3. The lowest BCUT2D eigenvalue weighted by atomic mass is 9.71. The first-order valence-electron chi connectivity index (χ1n) is 17.4. The van der Waals surface area contributed by atoms with Gasteiger partial charge in [-0.1, -0.05) is 170 Å². The van der Waals surface area contributed by atoms with Crippen molar-refractivity contribution in [1.82, 2.24) is 15.0 Å². The zero-order chi connectivity index (χ0) is 33.7. The molecule has 2 heterocycles. The van der Waals surface area contributed by atoms with Gasteiger partial charge in [-0.3, -0.25) is 0 Å². The van der Waals surface area contributed by atoms with Crippen molar-refractivity contribution in [3.8, 4) is 45.3 Å². The molecular weight excluding hydrogens is 623 g/mol. The highest BCUT2D eigenvalue weighted by Gasteiger charge is 2.31. The SMILES string of the molecule is C1=CC2C(c3cccc4c3oc3cccc(-c5nc(-c6ccccc6)nc(-c6ccc(-c7ccccc7)cc6)n5)c34)=Cc3ccccc3C2C=C1. The Balaban J connectivity index is 1.15. The number of hydrogen-bond donors (Lipinski definition) is 0. The first-order valence-corrected chi connectivity index (χ1v) is 17.4. The standard InChI is InChI=1S/C47H31N3O/c1-3-13-30(14-4-1)31-25-27-33(28-26-31)46-48-45(32-15-5-2-6-16-32)49-47(50-46)40-23-12-24-42-43(40)39-22-11-21-38(44(39)51-42)41-29-34-17-7-8-18-35(34)36-19-9-10-20-37(36)41/h1-29,36-37H. The Labute approximate surface area is 295 Å². The fourth-order valence-corrected chi connectivity index (χ4v) is 7.71. The van der Waals surface area contributed by atoms with Gasteiger partial charge in [-0.15, -0.1) is 0 Å². The third-order valence-corrected chi connectivity index (χ3v) is 10.2. The van der Waals surface area contributed by atoms with Crippen LogP contribution in [-0.2, 0) is 0 Å². The molecule has 6 aromatic carbocycles. The predicted octanol–water partition coefficient (Wildman–Crippen LogP) is 11.8. The normalized spacial score (nSPS) is 16.2. The third kappa shape index (κ3) is 5.03. The van der Waals surface area contributed by atoms with Crippen LogP contribution in [0, 0.1) is 5.92 Å². The van der Waals surface area contributed by atoms with E-state index in [0.29, 0.717) is 17.5 Å². The van der Waals surface area contributed by atoms with Crippen LogP contribution in [0.15, 0.2) is 174 Å². The molecule has 240 valence electrons. The molecule has 0 amide bonds. The van der Waals surface area contributed by atoms with Gasteiger partial charge >= 0.3 is 0 Å².